The van der Waals surface area contributed by atoms with Gasteiger partial charge >= 0.3 is 6.18 Å². The lowest BCUT2D eigenvalue weighted by Crippen LogP contribution is -2.44. The number of aromatic nitrogens is 2. The molecule has 2 fully saturated rings. The number of piperidine rings is 1. The van der Waals surface area contributed by atoms with Crippen molar-refractivity contribution in [1.29, 1.82) is 0 Å². The topological polar surface area (TPSA) is 117 Å². The highest BCUT2D eigenvalue weighted by Crippen LogP contribution is 2.38. The molecule has 1 aromatic carbocycles. The number of hydrogen-bond donors (Lipinski definition) is 2. The number of methoxy groups -OCH3 is 1. The number of sulfonamides is 1. The van der Waals surface area contributed by atoms with Gasteiger partial charge in [-0.05, 0) is 70.3 Å². The summed E-state index contributed by atoms with van der Waals surface area (Å²) in [6.07, 6.45) is 1.36. The molecule has 1 saturated heterocycles. The number of likely N-dealkylation sites (tertiary alicyclic amines) is 1. The summed E-state index contributed by atoms with van der Waals surface area (Å²) in [4.78, 5) is 23.3. The lowest BCUT2D eigenvalue weighted by Gasteiger charge is -2.37. The number of amides is 1. The van der Waals surface area contributed by atoms with Crippen LogP contribution in [0.1, 0.15) is 60.1 Å². The van der Waals surface area contributed by atoms with E-state index in [9.17, 15) is 26.4 Å². The van der Waals surface area contributed by atoms with E-state index >= 15 is 0 Å². The highest BCUT2D eigenvalue weighted by Gasteiger charge is 2.38. The van der Waals surface area contributed by atoms with E-state index in [4.69, 9.17) is 16.3 Å². The molecule has 1 saturated carbocycles. The van der Waals surface area contributed by atoms with Crippen LogP contribution in [0.5, 0.6) is 5.75 Å². The Kier molecular flexibility index (Phi) is 10.5. The Bertz CT molecular complexity index is 1420. The van der Waals surface area contributed by atoms with Crippen LogP contribution in [0.2, 0.25) is 5.02 Å². The number of anilines is 2. The first-order chi connectivity index (χ1) is 20.2. The number of halogens is 4. The van der Waals surface area contributed by atoms with E-state index in [1.165, 1.54) is 30.6 Å². The van der Waals surface area contributed by atoms with E-state index in [1.54, 1.807) is 0 Å². The van der Waals surface area contributed by atoms with E-state index < -0.39 is 27.8 Å². The normalized spacial score (nSPS) is 20.7. The molecule has 238 valence electrons. The minimum absolute atomic E-state index is 0.0171. The van der Waals surface area contributed by atoms with E-state index in [2.05, 4.69) is 25.5 Å². The van der Waals surface area contributed by atoms with Gasteiger partial charge in [0.2, 0.25) is 16.0 Å². The molecular weight excluding hydrogens is 609 g/mol. The van der Waals surface area contributed by atoms with Crippen molar-refractivity contribution in [2.45, 2.75) is 63.2 Å². The molecule has 1 aromatic heterocycles. The van der Waals surface area contributed by atoms with Crippen LogP contribution >= 0.6 is 11.6 Å². The second-order valence-electron chi connectivity index (χ2n) is 11.4. The van der Waals surface area contributed by atoms with Crippen molar-refractivity contribution < 1.29 is 31.1 Å². The predicted molar refractivity (Wildman–Crippen MR) is 158 cm³/mol. The first-order valence-electron chi connectivity index (χ1n) is 14.2. The largest absolute Gasteiger partial charge is 0.495 e. The van der Waals surface area contributed by atoms with Crippen molar-refractivity contribution in [2.75, 3.05) is 45.9 Å². The average Bonchev–Trinajstić information content (AvgIpc) is 2.93. The molecule has 0 spiro atoms. The molecule has 2 aromatic rings. The molecule has 15 heteroatoms. The van der Waals surface area contributed by atoms with Crippen LogP contribution in [0.15, 0.2) is 18.3 Å². The molecule has 10 nitrogen and oxygen atoms in total. The number of nitrogens with one attached hydrogen (secondary N) is 2. The molecule has 2 N–H and O–H groups in total. The molecule has 0 unspecified atom stereocenters. The number of benzene rings is 1. The first-order valence-corrected chi connectivity index (χ1v) is 16.4. The van der Waals surface area contributed by atoms with E-state index in [0.717, 1.165) is 51.2 Å². The van der Waals surface area contributed by atoms with Crippen molar-refractivity contribution in [3.05, 3.63) is 40.2 Å². The van der Waals surface area contributed by atoms with Gasteiger partial charge in [0.15, 0.2) is 0 Å². The summed E-state index contributed by atoms with van der Waals surface area (Å²) in [5.41, 5.74) is -0.741. The quantitative estimate of drug-likeness (QED) is 0.402. The SMILES string of the molecule is COc1cc(C(=O)NC2CCN(C)CC2)c(Cl)cc1Nc1ncc(C(F)(F)F)c(C[C@@H]2CCCC[C@H]2N(C)S(C)(=O)=O)n1. The van der Waals surface area contributed by atoms with Crippen LogP contribution in [-0.2, 0) is 22.6 Å². The third kappa shape index (κ3) is 8.28. The second-order valence-corrected chi connectivity index (χ2v) is 13.8. The van der Waals surface area contributed by atoms with Gasteiger partial charge < -0.3 is 20.3 Å². The maximum Gasteiger partial charge on any atom is 0.419 e. The summed E-state index contributed by atoms with van der Waals surface area (Å²) >= 11 is 6.48. The Balaban J connectivity index is 1.59. The fourth-order valence-corrected chi connectivity index (χ4v) is 6.82. The van der Waals surface area contributed by atoms with Crippen molar-refractivity contribution >= 4 is 39.2 Å². The number of hydrogen-bond acceptors (Lipinski definition) is 8. The van der Waals surface area contributed by atoms with Crippen LogP contribution in [0.4, 0.5) is 24.8 Å². The maximum absolute atomic E-state index is 14.0. The van der Waals surface area contributed by atoms with Gasteiger partial charge in [-0.25, -0.2) is 22.7 Å². The molecular formula is C28H38ClF3N6O4S. The Labute approximate surface area is 255 Å². The van der Waals surface area contributed by atoms with Crippen molar-refractivity contribution in [3.8, 4) is 5.75 Å². The van der Waals surface area contributed by atoms with Crippen LogP contribution < -0.4 is 15.4 Å². The zero-order valence-electron chi connectivity index (χ0n) is 24.7. The first kappa shape index (κ1) is 33.2. The lowest BCUT2D eigenvalue weighted by atomic mass is 9.81. The highest BCUT2D eigenvalue weighted by atomic mass is 35.5. The zero-order chi connectivity index (χ0) is 31.5. The van der Waals surface area contributed by atoms with Crippen LogP contribution in [0, 0.1) is 5.92 Å². The summed E-state index contributed by atoms with van der Waals surface area (Å²) in [5, 5.41) is 6.01. The van der Waals surface area contributed by atoms with Crippen molar-refractivity contribution in [1.82, 2.24) is 24.5 Å². The summed E-state index contributed by atoms with van der Waals surface area (Å²) in [5.74, 6) is -0.600. The Morgan fingerprint density at radius 1 is 1.19 bits per heavy atom. The van der Waals surface area contributed by atoms with Gasteiger partial charge in [0.25, 0.3) is 5.91 Å². The van der Waals surface area contributed by atoms with Crippen LogP contribution in [0.3, 0.4) is 0 Å². The number of ether oxygens (including phenoxy) is 1. The number of carbonyl (C=O) groups is 1. The van der Waals surface area contributed by atoms with E-state index in [-0.39, 0.29) is 58.0 Å². The van der Waals surface area contributed by atoms with E-state index in [0.29, 0.717) is 12.8 Å². The van der Waals surface area contributed by atoms with E-state index in [1.807, 2.05) is 7.05 Å². The summed E-state index contributed by atoms with van der Waals surface area (Å²) < 4.78 is 73.2. The molecule has 1 aliphatic carbocycles. The highest BCUT2D eigenvalue weighted by molar-refractivity contribution is 7.88. The average molecular weight is 647 g/mol. The molecule has 43 heavy (non-hydrogen) atoms. The lowest BCUT2D eigenvalue weighted by molar-refractivity contribution is -0.138. The minimum atomic E-state index is -4.70. The maximum atomic E-state index is 14.0. The summed E-state index contributed by atoms with van der Waals surface area (Å²) in [6, 6.07) is 2.49. The van der Waals surface area contributed by atoms with Gasteiger partial charge in [-0.3, -0.25) is 4.79 Å². The van der Waals surface area contributed by atoms with Gasteiger partial charge in [-0.2, -0.15) is 13.2 Å². The van der Waals surface area contributed by atoms with Crippen LogP contribution in [-0.4, -0.2) is 86.1 Å². The molecule has 2 aliphatic rings. The Morgan fingerprint density at radius 2 is 1.86 bits per heavy atom. The minimum Gasteiger partial charge on any atom is -0.495 e. The smallest absolute Gasteiger partial charge is 0.419 e. The standard InChI is InChI=1S/C28H38ClF3N6O4S/c1-37-11-9-18(10-12-37)34-26(39)19-14-25(42-3)23(15-21(19)29)36-27-33-16-20(28(30,31)32)22(35-27)13-17-7-5-6-8-24(17)38(2)43(4,40)41/h14-18,24H,5-13H2,1-4H3,(H,34,39)(H,33,35,36)/t17-,24+/m0/s1. The molecule has 1 aliphatic heterocycles. The van der Waals surface area contributed by atoms with Gasteiger partial charge in [0.1, 0.15) is 5.75 Å². The van der Waals surface area contributed by atoms with Gasteiger partial charge in [-0.1, -0.05) is 24.4 Å². The molecule has 0 radical (unpaired) electrons. The molecule has 0 bridgehead atoms. The zero-order valence-corrected chi connectivity index (χ0v) is 26.2. The molecule has 4 rings (SSSR count). The number of carbonyl (C=O) groups excluding carboxylic acids is 1. The monoisotopic (exact) mass is 646 g/mol. The number of nitrogens with zero attached hydrogens (tertiary/aromatic N) is 4. The summed E-state index contributed by atoms with van der Waals surface area (Å²) in [7, 11) is 1.35. The van der Waals surface area contributed by atoms with Gasteiger partial charge in [0.05, 0.1) is 40.9 Å². The molecule has 2 atom stereocenters. The fourth-order valence-electron chi connectivity index (χ4n) is 5.80. The van der Waals surface area contributed by atoms with Gasteiger partial charge in [0, 0.05) is 25.3 Å². The van der Waals surface area contributed by atoms with Crippen molar-refractivity contribution in [2.24, 2.45) is 5.92 Å². The number of rotatable bonds is 9. The summed E-state index contributed by atoms with van der Waals surface area (Å²) in [6.45, 7) is 1.74. The number of alkyl halides is 3. The Morgan fingerprint density at radius 3 is 2.49 bits per heavy atom. The molecule has 1 amide bonds. The third-order valence-corrected chi connectivity index (χ3v) is 9.95. The fraction of sp³-hybridized carbons (Fsp3) is 0.607. The third-order valence-electron chi connectivity index (χ3n) is 8.32. The second kappa shape index (κ2) is 13.5. The van der Waals surface area contributed by atoms with Gasteiger partial charge in [-0.15, -0.1) is 0 Å². The molecule has 2 heterocycles. The van der Waals surface area contributed by atoms with Crippen LogP contribution in [0.25, 0.3) is 0 Å². The Hall–Kier alpha value is -2.68. The van der Waals surface area contributed by atoms with Crippen molar-refractivity contribution in [3.63, 3.8) is 0 Å². The predicted octanol–water partition coefficient (Wildman–Crippen LogP) is 4.72.